The van der Waals surface area contributed by atoms with Crippen LogP contribution in [0.5, 0.6) is 5.75 Å². The maximum Gasteiger partial charge on any atom is 0.344 e. The maximum atomic E-state index is 14.6. The van der Waals surface area contributed by atoms with Crippen LogP contribution in [0, 0.1) is 5.82 Å². The van der Waals surface area contributed by atoms with E-state index in [0.717, 1.165) is 12.8 Å². The quantitative estimate of drug-likeness (QED) is 0.828. The predicted molar refractivity (Wildman–Crippen MR) is 99.7 cm³/mol. The molecule has 0 bridgehead atoms. The van der Waals surface area contributed by atoms with E-state index in [1.165, 1.54) is 25.1 Å². The van der Waals surface area contributed by atoms with Crippen molar-refractivity contribution >= 4 is 23.5 Å². The first-order chi connectivity index (χ1) is 12.9. The van der Waals surface area contributed by atoms with Crippen molar-refractivity contribution in [3.63, 3.8) is 0 Å². The van der Waals surface area contributed by atoms with Gasteiger partial charge in [0.2, 0.25) is 0 Å². The maximum absolute atomic E-state index is 14.6. The van der Waals surface area contributed by atoms with Gasteiger partial charge in [-0.3, -0.25) is 4.79 Å². The van der Waals surface area contributed by atoms with Crippen molar-refractivity contribution in [3.05, 3.63) is 52.8 Å². The molecular formula is C20H19ClFNO4. The van der Waals surface area contributed by atoms with E-state index in [9.17, 15) is 14.0 Å². The Balaban J connectivity index is 1.94. The lowest BCUT2D eigenvalue weighted by atomic mass is 10.0. The number of carboxylic acids is 1. The first-order valence-electron chi connectivity index (χ1n) is 8.65. The molecule has 1 atom stereocenters. The summed E-state index contributed by atoms with van der Waals surface area (Å²) >= 11 is 6.05. The zero-order chi connectivity index (χ0) is 19.6. The summed E-state index contributed by atoms with van der Waals surface area (Å²) in [7, 11) is 0. The Morgan fingerprint density at radius 2 is 1.89 bits per heavy atom. The van der Waals surface area contributed by atoms with Crippen molar-refractivity contribution in [2.75, 3.05) is 13.1 Å². The number of benzene rings is 2. The van der Waals surface area contributed by atoms with Crippen LogP contribution in [0.25, 0.3) is 11.1 Å². The van der Waals surface area contributed by atoms with Gasteiger partial charge >= 0.3 is 5.97 Å². The summed E-state index contributed by atoms with van der Waals surface area (Å²) < 4.78 is 20.1. The number of aliphatic carboxylic acids is 1. The summed E-state index contributed by atoms with van der Waals surface area (Å²) in [4.78, 5) is 25.1. The minimum absolute atomic E-state index is 0.0176. The second-order valence-corrected chi connectivity index (χ2v) is 6.87. The highest BCUT2D eigenvalue weighted by Gasteiger charge is 2.23. The summed E-state index contributed by atoms with van der Waals surface area (Å²) in [6.45, 7) is 2.68. The molecule has 142 valence electrons. The number of carbonyl (C=O) groups is 2. The summed E-state index contributed by atoms with van der Waals surface area (Å²) in [5.74, 6) is -1.80. The highest BCUT2D eigenvalue weighted by Crippen LogP contribution is 2.34. The van der Waals surface area contributed by atoms with Crippen LogP contribution < -0.4 is 4.74 Å². The van der Waals surface area contributed by atoms with Gasteiger partial charge in [0.05, 0.1) is 5.56 Å². The van der Waals surface area contributed by atoms with Gasteiger partial charge in [0.25, 0.3) is 5.91 Å². The van der Waals surface area contributed by atoms with Crippen molar-refractivity contribution in [1.29, 1.82) is 0 Å². The van der Waals surface area contributed by atoms with E-state index in [4.69, 9.17) is 21.4 Å². The van der Waals surface area contributed by atoms with E-state index in [0.29, 0.717) is 29.2 Å². The Labute approximate surface area is 161 Å². The Bertz CT molecular complexity index is 880. The average molecular weight is 392 g/mol. The highest BCUT2D eigenvalue weighted by atomic mass is 35.5. The van der Waals surface area contributed by atoms with Gasteiger partial charge < -0.3 is 14.7 Å². The topological polar surface area (TPSA) is 66.8 Å². The largest absolute Gasteiger partial charge is 0.479 e. The molecule has 3 rings (SSSR count). The van der Waals surface area contributed by atoms with Gasteiger partial charge in [-0.1, -0.05) is 17.7 Å². The van der Waals surface area contributed by atoms with Gasteiger partial charge in [0.15, 0.2) is 6.10 Å². The lowest BCUT2D eigenvalue weighted by Crippen LogP contribution is -2.28. The number of likely N-dealkylation sites (tertiary alicyclic amines) is 1. The molecule has 0 saturated carbocycles. The van der Waals surface area contributed by atoms with Crippen molar-refractivity contribution in [2.45, 2.75) is 25.9 Å². The number of hydrogen-bond acceptors (Lipinski definition) is 3. The lowest BCUT2D eigenvalue weighted by molar-refractivity contribution is -0.144. The second-order valence-electron chi connectivity index (χ2n) is 6.43. The second kappa shape index (κ2) is 7.96. The third-order valence-corrected chi connectivity index (χ3v) is 4.73. The Kier molecular flexibility index (Phi) is 5.65. The number of carbonyl (C=O) groups excluding carboxylic acids is 1. The third-order valence-electron chi connectivity index (χ3n) is 4.50. The number of nitrogens with zero attached hydrogens (tertiary/aromatic N) is 1. The molecule has 2 aromatic rings. The zero-order valence-corrected chi connectivity index (χ0v) is 15.5. The molecule has 0 spiro atoms. The van der Waals surface area contributed by atoms with Crippen LogP contribution in [0.15, 0.2) is 36.4 Å². The monoisotopic (exact) mass is 391 g/mol. The first-order valence-corrected chi connectivity index (χ1v) is 9.03. The van der Waals surface area contributed by atoms with E-state index in [-0.39, 0.29) is 17.2 Å². The van der Waals surface area contributed by atoms with Crippen molar-refractivity contribution in [3.8, 4) is 16.9 Å². The van der Waals surface area contributed by atoms with Crippen LogP contribution in [-0.2, 0) is 4.79 Å². The van der Waals surface area contributed by atoms with Crippen LogP contribution in [0.3, 0.4) is 0 Å². The fraction of sp³-hybridized carbons (Fsp3) is 0.300. The van der Waals surface area contributed by atoms with E-state index >= 15 is 0 Å². The molecule has 27 heavy (non-hydrogen) atoms. The third kappa shape index (κ3) is 4.22. The summed E-state index contributed by atoms with van der Waals surface area (Å²) in [5, 5.41) is 9.45. The lowest BCUT2D eigenvalue weighted by Gasteiger charge is -2.17. The van der Waals surface area contributed by atoms with E-state index < -0.39 is 17.9 Å². The van der Waals surface area contributed by atoms with Crippen molar-refractivity contribution in [2.24, 2.45) is 0 Å². The molecule has 2 aromatic carbocycles. The average Bonchev–Trinajstić information content (AvgIpc) is 3.17. The fourth-order valence-corrected chi connectivity index (χ4v) is 3.19. The Morgan fingerprint density at radius 1 is 1.19 bits per heavy atom. The van der Waals surface area contributed by atoms with Crippen molar-refractivity contribution in [1.82, 2.24) is 4.90 Å². The zero-order valence-electron chi connectivity index (χ0n) is 14.7. The number of hydrogen-bond donors (Lipinski definition) is 1. The van der Waals surface area contributed by atoms with Gasteiger partial charge in [-0.25, -0.2) is 9.18 Å². The smallest absolute Gasteiger partial charge is 0.344 e. The number of halogens is 2. The van der Waals surface area contributed by atoms with Crippen LogP contribution >= 0.6 is 11.6 Å². The molecule has 0 aliphatic carbocycles. The summed E-state index contributed by atoms with van der Waals surface area (Å²) in [5.41, 5.74) is 0.916. The van der Waals surface area contributed by atoms with Gasteiger partial charge in [0.1, 0.15) is 11.6 Å². The van der Waals surface area contributed by atoms with Crippen LogP contribution in [-0.4, -0.2) is 41.1 Å². The summed E-state index contributed by atoms with van der Waals surface area (Å²) in [6, 6.07) is 8.97. The molecule has 5 nitrogen and oxygen atoms in total. The number of ether oxygens (including phenoxy) is 1. The van der Waals surface area contributed by atoms with Gasteiger partial charge in [-0.2, -0.15) is 0 Å². The highest BCUT2D eigenvalue weighted by molar-refractivity contribution is 6.31. The number of carboxylic acid groups (broad SMARTS) is 1. The normalized spacial score (nSPS) is 14.9. The van der Waals surface area contributed by atoms with Crippen LogP contribution in [0.4, 0.5) is 4.39 Å². The molecule has 1 fully saturated rings. The molecular weight excluding hydrogens is 373 g/mol. The molecule has 1 amide bonds. The van der Waals surface area contributed by atoms with Crippen molar-refractivity contribution < 1.29 is 23.8 Å². The van der Waals surface area contributed by atoms with Crippen LogP contribution in [0.1, 0.15) is 30.1 Å². The van der Waals surface area contributed by atoms with E-state index in [2.05, 4.69) is 0 Å². The molecule has 0 unspecified atom stereocenters. The number of amides is 1. The standard InChI is InChI=1S/C20H19ClFNO4/c1-12(20(25)26)27-18-7-5-14(21)11-16(18)13-4-6-15(17(22)10-13)19(24)23-8-2-3-9-23/h4-7,10-12H,2-3,8-9H2,1H3,(H,25,26)/t12-/m0/s1. The minimum atomic E-state index is -1.12. The molecule has 1 aliphatic rings. The van der Waals surface area contributed by atoms with Gasteiger partial charge in [-0.05, 0) is 55.7 Å². The van der Waals surface area contributed by atoms with Crippen LogP contribution in [0.2, 0.25) is 5.02 Å². The Morgan fingerprint density at radius 3 is 2.52 bits per heavy atom. The molecule has 0 radical (unpaired) electrons. The first kappa shape index (κ1) is 19.2. The molecule has 1 heterocycles. The minimum Gasteiger partial charge on any atom is -0.479 e. The molecule has 0 aromatic heterocycles. The van der Waals surface area contributed by atoms with E-state index in [1.54, 1.807) is 23.1 Å². The molecule has 1 saturated heterocycles. The van der Waals surface area contributed by atoms with Gasteiger partial charge in [0, 0.05) is 23.7 Å². The SMILES string of the molecule is C[C@H](Oc1ccc(Cl)cc1-c1ccc(C(=O)N2CCCC2)c(F)c1)C(=O)O. The van der Waals surface area contributed by atoms with E-state index in [1.807, 2.05) is 0 Å². The molecule has 1 N–H and O–H groups in total. The molecule has 7 heteroatoms. The van der Waals surface area contributed by atoms with Gasteiger partial charge in [-0.15, -0.1) is 0 Å². The molecule has 1 aliphatic heterocycles. The summed E-state index contributed by atoms with van der Waals surface area (Å²) in [6.07, 6.45) is 0.776. The Hall–Kier alpha value is -2.60. The number of rotatable bonds is 5. The predicted octanol–water partition coefficient (Wildman–Crippen LogP) is 4.23. The fourth-order valence-electron chi connectivity index (χ4n) is 3.02.